The Hall–Kier alpha value is -4.30. The summed E-state index contributed by atoms with van der Waals surface area (Å²) in [4.78, 5) is 8.29. The largest absolute Gasteiger partial charge is 0.494 e. The standard InChI is InChI=1S/C29H33N7O7S/c1-44(40,41)35-10-3-11-42-20-5-2-4-19(12-20)18-8-6-17(7-9-18)14-32-27-21(13-30)23-26(31)33-16-34-28(23)36(27)29-25(39)24(38)22(15-37)43-29/h2,4-9,12,16,22,24-25,29,32,35,37-39H,3,10-11,14-15H2,1H3,(H2,31,33,34)/t22-,24-,25-,29-/m1/s1. The van der Waals surface area contributed by atoms with Crippen LogP contribution in [0.25, 0.3) is 22.2 Å². The Balaban J connectivity index is 1.33. The number of hydrogen-bond donors (Lipinski definition) is 6. The second-order valence-corrected chi connectivity index (χ2v) is 12.2. The van der Waals surface area contributed by atoms with Crippen LogP contribution in [0.5, 0.6) is 5.75 Å². The molecule has 44 heavy (non-hydrogen) atoms. The van der Waals surface area contributed by atoms with Gasteiger partial charge in [-0.15, -0.1) is 0 Å². The Morgan fingerprint density at radius 2 is 1.91 bits per heavy atom. The number of nitrogens with two attached hydrogens (primary N) is 1. The average Bonchev–Trinajstić information content (AvgIpc) is 3.48. The second kappa shape index (κ2) is 13.1. The van der Waals surface area contributed by atoms with Crippen molar-refractivity contribution in [3.05, 3.63) is 66.0 Å². The van der Waals surface area contributed by atoms with Crippen LogP contribution in [0, 0.1) is 11.3 Å². The highest BCUT2D eigenvalue weighted by atomic mass is 32.2. The van der Waals surface area contributed by atoms with E-state index < -0.39 is 41.2 Å². The zero-order valence-electron chi connectivity index (χ0n) is 23.8. The Kier molecular flexibility index (Phi) is 9.30. The van der Waals surface area contributed by atoms with Crippen LogP contribution in [0.2, 0.25) is 0 Å². The first-order valence-corrected chi connectivity index (χ1v) is 15.7. The van der Waals surface area contributed by atoms with Crippen molar-refractivity contribution in [3.63, 3.8) is 0 Å². The lowest BCUT2D eigenvalue weighted by molar-refractivity contribution is -0.0499. The fraction of sp³-hybridized carbons (Fsp3) is 0.345. The van der Waals surface area contributed by atoms with Crippen LogP contribution < -0.4 is 20.5 Å². The summed E-state index contributed by atoms with van der Waals surface area (Å²) in [6, 6.07) is 17.5. The lowest BCUT2D eigenvalue weighted by atomic mass is 10.0. The minimum absolute atomic E-state index is 0.0706. The SMILES string of the molecule is CS(=O)(=O)NCCCOc1cccc(-c2ccc(CNc3c(C#N)c4c(N)ncnc4n3[C@@H]3O[C@H](CO)[C@@H](O)[C@H]3O)cc2)c1. The smallest absolute Gasteiger partial charge is 0.208 e. The van der Waals surface area contributed by atoms with E-state index >= 15 is 0 Å². The molecule has 0 unspecified atom stereocenters. The van der Waals surface area contributed by atoms with Crippen LogP contribution in [0.15, 0.2) is 54.9 Å². The van der Waals surface area contributed by atoms with Crippen LogP contribution in [-0.2, 0) is 21.3 Å². The Labute approximate surface area is 253 Å². The predicted molar refractivity (Wildman–Crippen MR) is 162 cm³/mol. The van der Waals surface area contributed by atoms with Crippen molar-refractivity contribution in [2.24, 2.45) is 0 Å². The van der Waals surface area contributed by atoms with Crippen molar-refractivity contribution >= 4 is 32.7 Å². The monoisotopic (exact) mass is 623 g/mol. The lowest BCUT2D eigenvalue weighted by Gasteiger charge is -2.21. The number of aliphatic hydroxyl groups is 3. The quantitative estimate of drug-likeness (QED) is 0.122. The van der Waals surface area contributed by atoms with E-state index in [9.17, 15) is 29.0 Å². The fourth-order valence-corrected chi connectivity index (χ4v) is 5.58. The van der Waals surface area contributed by atoms with Crippen molar-refractivity contribution in [1.82, 2.24) is 19.3 Å². The molecule has 2 aromatic heterocycles. The molecule has 4 atom stereocenters. The molecule has 3 heterocycles. The Morgan fingerprint density at radius 1 is 1.14 bits per heavy atom. The summed E-state index contributed by atoms with van der Waals surface area (Å²) in [5, 5.41) is 44.3. The van der Waals surface area contributed by atoms with E-state index in [0.717, 1.165) is 22.9 Å². The number of aliphatic hydroxyl groups excluding tert-OH is 3. The van der Waals surface area contributed by atoms with E-state index in [1.807, 2.05) is 48.5 Å². The van der Waals surface area contributed by atoms with E-state index in [1.54, 1.807) is 0 Å². The molecule has 0 saturated carbocycles. The van der Waals surface area contributed by atoms with E-state index in [1.165, 1.54) is 10.9 Å². The summed E-state index contributed by atoms with van der Waals surface area (Å²) in [5.74, 6) is 1.00. The summed E-state index contributed by atoms with van der Waals surface area (Å²) in [5.41, 5.74) is 9.24. The predicted octanol–water partition coefficient (Wildman–Crippen LogP) is 1.09. The van der Waals surface area contributed by atoms with Crippen molar-refractivity contribution in [1.29, 1.82) is 5.26 Å². The maximum absolute atomic E-state index is 11.2. The molecule has 0 amide bonds. The molecular formula is C29H33N7O7S. The first-order valence-electron chi connectivity index (χ1n) is 13.8. The van der Waals surface area contributed by atoms with E-state index in [-0.39, 0.29) is 34.8 Å². The molecule has 1 aliphatic heterocycles. The molecule has 0 radical (unpaired) electrons. The van der Waals surface area contributed by atoms with E-state index in [0.29, 0.717) is 25.3 Å². The number of benzene rings is 2. The number of nitrogens with one attached hydrogen (secondary N) is 2. The van der Waals surface area contributed by atoms with Crippen LogP contribution in [0.4, 0.5) is 11.6 Å². The number of nitrogens with zero attached hydrogens (tertiary/aromatic N) is 4. The summed E-state index contributed by atoms with van der Waals surface area (Å²) < 4.78 is 37.8. The van der Waals surface area contributed by atoms with Crippen molar-refractivity contribution < 1.29 is 33.2 Å². The number of nitrogen functional groups attached to an aromatic ring is 1. The minimum atomic E-state index is -3.23. The Morgan fingerprint density at radius 3 is 2.59 bits per heavy atom. The van der Waals surface area contributed by atoms with Gasteiger partial charge in [0, 0.05) is 13.1 Å². The maximum Gasteiger partial charge on any atom is 0.208 e. The van der Waals surface area contributed by atoms with Crippen molar-refractivity contribution in [2.45, 2.75) is 37.5 Å². The van der Waals surface area contributed by atoms with Gasteiger partial charge in [-0.25, -0.2) is 23.1 Å². The van der Waals surface area contributed by atoms with Gasteiger partial charge in [-0.05, 0) is 35.2 Å². The zero-order chi connectivity index (χ0) is 31.4. The normalized spacial score (nSPS) is 20.1. The van der Waals surface area contributed by atoms with Gasteiger partial charge in [-0.2, -0.15) is 5.26 Å². The maximum atomic E-state index is 11.2. The lowest BCUT2D eigenvalue weighted by Crippen LogP contribution is -2.33. The number of ether oxygens (including phenoxy) is 2. The number of fused-ring (bicyclic) bond motifs is 1. The molecule has 5 rings (SSSR count). The van der Waals surface area contributed by atoms with Gasteiger partial charge in [0.25, 0.3) is 0 Å². The van der Waals surface area contributed by atoms with Crippen LogP contribution in [0.3, 0.4) is 0 Å². The minimum Gasteiger partial charge on any atom is -0.494 e. The van der Waals surface area contributed by atoms with Gasteiger partial charge in [0.05, 0.1) is 24.9 Å². The molecule has 4 aromatic rings. The number of anilines is 2. The molecule has 1 aliphatic rings. The first kappa shape index (κ1) is 31.1. The Bertz CT molecular complexity index is 1770. The summed E-state index contributed by atoms with van der Waals surface area (Å²) in [6.07, 6.45) is -2.07. The number of nitriles is 1. The summed E-state index contributed by atoms with van der Waals surface area (Å²) >= 11 is 0. The fourth-order valence-electron chi connectivity index (χ4n) is 5.07. The van der Waals surface area contributed by atoms with E-state index in [2.05, 4.69) is 26.1 Å². The van der Waals surface area contributed by atoms with Crippen molar-refractivity contribution in [3.8, 4) is 22.9 Å². The highest BCUT2D eigenvalue weighted by molar-refractivity contribution is 7.88. The van der Waals surface area contributed by atoms with Gasteiger partial charge in [0.1, 0.15) is 53.7 Å². The van der Waals surface area contributed by atoms with Crippen LogP contribution >= 0.6 is 0 Å². The van der Waals surface area contributed by atoms with Crippen molar-refractivity contribution in [2.75, 3.05) is 37.1 Å². The number of aromatic nitrogens is 3. The van der Waals surface area contributed by atoms with Gasteiger partial charge in [-0.1, -0.05) is 36.4 Å². The summed E-state index contributed by atoms with van der Waals surface area (Å²) in [6.45, 7) is 0.420. The zero-order valence-corrected chi connectivity index (χ0v) is 24.6. The molecule has 0 spiro atoms. The second-order valence-electron chi connectivity index (χ2n) is 10.3. The van der Waals surface area contributed by atoms with Gasteiger partial charge in [0.15, 0.2) is 11.9 Å². The number of rotatable bonds is 12. The molecule has 7 N–H and O–H groups in total. The third-order valence-electron chi connectivity index (χ3n) is 7.23. The highest BCUT2D eigenvalue weighted by Gasteiger charge is 2.45. The third-order valence-corrected chi connectivity index (χ3v) is 7.96. The topological polar surface area (TPSA) is 218 Å². The molecule has 1 fully saturated rings. The molecular weight excluding hydrogens is 590 g/mol. The molecule has 1 saturated heterocycles. The molecule has 0 aliphatic carbocycles. The first-order chi connectivity index (χ1) is 21.1. The van der Waals surface area contributed by atoms with E-state index in [4.69, 9.17) is 15.2 Å². The number of hydrogen-bond acceptors (Lipinski definition) is 12. The third kappa shape index (κ3) is 6.60. The van der Waals surface area contributed by atoms with Gasteiger partial charge >= 0.3 is 0 Å². The van der Waals surface area contributed by atoms with Gasteiger partial charge < -0.3 is 35.8 Å². The highest BCUT2D eigenvalue weighted by Crippen LogP contribution is 2.39. The molecule has 232 valence electrons. The van der Waals surface area contributed by atoms with Gasteiger partial charge in [-0.3, -0.25) is 4.57 Å². The van der Waals surface area contributed by atoms with Gasteiger partial charge in [0.2, 0.25) is 10.0 Å². The molecule has 0 bridgehead atoms. The number of sulfonamides is 1. The van der Waals surface area contributed by atoms with Crippen LogP contribution in [-0.4, -0.2) is 82.6 Å². The average molecular weight is 624 g/mol. The summed E-state index contributed by atoms with van der Waals surface area (Å²) in [7, 11) is -3.23. The molecule has 14 nitrogen and oxygen atoms in total. The molecule has 2 aromatic carbocycles. The van der Waals surface area contributed by atoms with Crippen LogP contribution in [0.1, 0.15) is 23.8 Å². The molecule has 15 heteroatoms.